The van der Waals surface area contributed by atoms with Crippen LogP contribution in [0.5, 0.6) is 0 Å². The van der Waals surface area contributed by atoms with Crippen molar-refractivity contribution in [2.45, 2.75) is 27.7 Å². The second-order valence-electron chi connectivity index (χ2n) is 5.39. The van der Waals surface area contributed by atoms with Gasteiger partial charge in [0.25, 0.3) is 5.69 Å². The predicted molar refractivity (Wildman–Crippen MR) is 70.2 cm³/mol. The molecule has 0 heterocycles. The molecule has 100 valence electrons. The fourth-order valence-corrected chi connectivity index (χ4v) is 1.36. The maximum Gasteiger partial charge on any atom is 0.295 e. The molecule has 0 aliphatic rings. The van der Waals surface area contributed by atoms with Gasteiger partial charge in [-0.25, -0.2) is 4.39 Å². The number of hydrogen-bond acceptors (Lipinski definition) is 3. The highest BCUT2D eigenvalue weighted by Gasteiger charge is 2.25. The quantitative estimate of drug-likeness (QED) is 0.641. The van der Waals surface area contributed by atoms with Gasteiger partial charge in [0.1, 0.15) is 5.69 Å². The molecule has 0 fully saturated rings. The Morgan fingerprint density at radius 2 is 2.06 bits per heavy atom. The highest BCUT2D eigenvalue weighted by atomic mass is 19.1. The lowest BCUT2D eigenvalue weighted by Crippen LogP contribution is -2.29. The second kappa shape index (κ2) is 5.33. The van der Waals surface area contributed by atoms with Crippen molar-refractivity contribution in [3.63, 3.8) is 0 Å². The van der Waals surface area contributed by atoms with E-state index in [2.05, 4.69) is 19.2 Å². The Bertz CT molecular complexity index is 445. The monoisotopic (exact) mass is 254 g/mol. The molecule has 0 aliphatic heterocycles. The molecule has 1 rings (SSSR count). The van der Waals surface area contributed by atoms with E-state index in [0.29, 0.717) is 12.5 Å². The summed E-state index contributed by atoms with van der Waals surface area (Å²) < 4.78 is 13.6. The van der Waals surface area contributed by atoms with Crippen molar-refractivity contribution < 1.29 is 9.31 Å². The molecule has 4 nitrogen and oxygen atoms in total. The highest BCUT2D eigenvalue weighted by Crippen LogP contribution is 2.31. The normalized spacial score (nSPS) is 11.7. The van der Waals surface area contributed by atoms with Crippen molar-refractivity contribution in [3.05, 3.63) is 34.1 Å². The third-order valence-electron chi connectivity index (χ3n) is 3.47. The number of para-hydroxylation sites is 1. The Kier molecular flexibility index (Phi) is 4.27. The number of anilines is 1. The minimum atomic E-state index is -0.594. The Morgan fingerprint density at radius 3 is 2.56 bits per heavy atom. The number of hydrogen-bond donors (Lipinski definition) is 1. The van der Waals surface area contributed by atoms with E-state index < -0.39 is 10.7 Å². The molecule has 0 bridgehead atoms. The van der Waals surface area contributed by atoms with Crippen molar-refractivity contribution in [2.75, 3.05) is 11.9 Å². The molecule has 5 heteroatoms. The fraction of sp³-hybridized carbons (Fsp3) is 0.538. The minimum Gasteiger partial charge on any atom is -0.377 e. The van der Waals surface area contributed by atoms with E-state index >= 15 is 0 Å². The van der Waals surface area contributed by atoms with Crippen LogP contribution in [0.4, 0.5) is 15.8 Å². The number of nitrogens with zero attached hydrogens (tertiary/aromatic N) is 1. The lowest BCUT2D eigenvalue weighted by molar-refractivity contribution is -0.384. The zero-order chi connectivity index (χ0) is 13.9. The van der Waals surface area contributed by atoms with E-state index in [0.717, 1.165) is 0 Å². The summed E-state index contributed by atoms with van der Waals surface area (Å²) in [4.78, 5) is 10.3. The number of nitrogens with one attached hydrogen (secondary N) is 1. The van der Waals surface area contributed by atoms with Crippen molar-refractivity contribution in [1.29, 1.82) is 0 Å². The average molecular weight is 254 g/mol. The van der Waals surface area contributed by atoms with Crippen LogP contribution in [0.1, 0.15) is 27.7 Å². The van der Waals surface area contributed by atoms with Gasteiger partial charge in [0, 0.05) is 12.6 Å². The Balaban J connectivity index is 2.95. The van der Waals surface area contributed by atoms with Crippen LogP contribution in [-0.4, -0.2) is 11.5 Å². The molecule has 0 saturated carbocycles. The third-order valence-corrected chi connectivity index (χ3v) is 3.47. The van der Waals surface area contributed by atoms with Crippen molar-refractivity contribution in [1.82, 2.24) is 0 Å². The molecule has 1 aromatic rings. The van der Waals surface area contributed by atoms with Crippen LogP contribution in [0.3, 0.4) is 0 Å². The smallest absolute Gasteiger partial charge is 0.295 e. The summed E-state index contributed by atoms with van der Waals surface area (Å²) in [6, 6.07) is 3.86. The lowest BCUT2D eigenvalue weighted by atomic mass is 9.81. The molecule has 0 spiro atoms. The van der Waals surface area contributed by atoms with Gasteiger partial charge in [-0.2, -0.15) is 0 Å². The predicted octanol–water partition coefficient (Wildman–Crippen LogP) is 3.83. The zero-order valence-corrected chi connectivity index (χ0v) is 11.2. The van der Waals surface area contributed by atoms with Gasteiger partial charge in [-0.3, -0.25) is 10.1 Å². The summed E-state index contributed by atoms with van der Waals surface area (Å²) >= 11 is 0. The molecular weight excluding hydrogens is 235 g/mol. The van der Waals surface area contributed by atoms with Crippen LogP contribution in [0.15, 0.2) is 18.2 Å². The van der Waals surface area contributed by atoms with Crippen LogP contribution in [0.25, 0.3) is 0 Å². The fourth-order valence-electron chi connectivity index (χ4n) is 1.36. The SMILES string of the molecule is CC(C)C(C)(C)CNc1c(F)cccc1[N+](=O)[O-]. The summed E-state index contributed by atoms with van der Waals surface area (Å²) in [5.41, 5.74) is -0.332. The summed E-state index contributed by atoms with van der Waals surface area (Å²) in [5, 5.41) is 13.7. The number of benzene rings is 1. The minimum absolute atomic E-state index is 0.0313. The van der Waals surface area contributed by atoms with Gasteiger partial charge in [0.15, 0.2) is 5.82 Å². The topological polar surface area (TPSA) is 55.2 Å². The Morgan fingerprint density at radius 1 is 1.44 bits per heavy atom. The van der Waals surface area contributed by atoms with Crippen molar-refractivity contribution in [3.8, 4) is 0 Å². The molecule has 0 atom stereocenters. The van der Waals surface area contributed by atoms with E-state index in [1.54, 1.807) is 0 Å². The molecular formula is C13H19FN2O2. The number of rotatable bonds is 5. The number of nitro benzene ring substituents is 1. The van der Waals surface area contributed by atoms with E-state index in [9.17, 15) is 14.5 Å². The van der Waals surface area contributed by atoms with Crippen LogP contribution < -0.4 is 5.32 Å². The summed E-state index contributed by atoms with van der Waals surface area (Å²) in [6.07, 6.45) is 0. The van der Waals surface area contributed by atoms with E-state index in [1.807, 2.05) is 13.8 Å². The van der Waals surface area contributed by atoms with Gasteiger partial charge in [-0.1, -0.05) is 33.8 Å². The van der Waals surface area contributed by atoms with E-state index in [1.165, 1.54) is 18.2 Å². The standard InChI is InChI=1S/C13H19FN2O2/c1-9(2)13(3,4)8-15-12-10(14)6-5-7-11(12)16(17)18/h5-7,9,15H,8H2,1-4H3. The summed E-state index contributed by atoms with van der Waals surface area (Å²) in [7, 11) is 0. The van der Waals surface area contributed by atoms with E-state index in [4.69, 9.17) is 0 Å². The molecule has 0 aliphatic carbocycles. The molecule has 0 unspecified atom stereocenters. The van der Waals surface area contributed by atoms with Gasteiger partial charge in [-0.05, 0) is 17.4 Å². The Hall–Kier alpha value is -1.65. The van der Waals surface area contributed by atoms with Crippen molar-refractivity contribution in [2.24, 2.45) is 11.3 Å². The van der Waals surface area contributed by atoms with E-state index in [-0.39, 0.29) is 16.8 Å². The largest absolute Gasteiger partial charge is 0.377 e. The molecule has 1 N–H and O–H groups in total. The maximum atomic E-state index is 13.6. The van der Waals surface area contributed by atoms with Gasteiger partial charge in [0.2, 0.25) is 0 Å². The first-order chi connectivity index (χ1) is 8.25. The second-order valence-corrected chi connectivity index (χ2v) is 5.39. The van der Waals surface area contributed by atoms with Crippen LogP contribution in [-0.2, 0) is 0 Å². The first kappa shape index (κ1) is 14.4. The van der Waals surface area contributed by atoms with Gasteiger partial charge >= 0.3 is 0 Å². The average Bonchev–Trinajstić information content (AvgIpc) is 2.26. The molecule has 1 aromatic carbocycles. The van der Waals surface area contributed by atoms with Gasteiger partial charge in [-0.15, -0.1) is 0 Å². The maximum absolute atomic E-state index is 13.6. The van der Waals surface area contributed by atoms with Crippen molar-refractivity contribution >= 4 is 11.4 Å². The van der Waals surface area contributed by atoms with Crippen LogP contribution in [0, 0.1) is 27.3 Å². The lowest BCUT2D eigenvalue weighted by Gasteiger charge is -2.29. The molecule has 18 heavy (non-hydrogen) atoms. The molecule has 0 saturated heterocycles. The number of halogens is 1. The van der Waals surface area contributed by atoms with Gasteiger partial charge in [0.05, 0.1) is 4.92 Å². The summed E-state index contributed by atoms with van der Waals surface area (Å²) in [6.45, 7) is 8.69. The molecule has 0 aromatic heterocycles. The Labute approximate surface area is 106 Å². The zero-order valence-electron chi connectivity index (χ0n) is 11.2. The van der Waals surface area contributed by atoms with Crippen LogP contribution >= 0.6 is 0 Å². The molecule has 0 amide bonds. The summed E-state index contributed by atoms with van der Waals surface area (Å²) in [5.74, 6) is -0.209. The molecule has 0 radical (unpaired) electrons. The van der Waals surface area contributed by atoms with Crippen LogP contribution in [0.2, 0.25) is 0 Å². The van der Waals surface area contributed by atoms with Gasteiger partial charge < -0.3 is 5.32 Å². The first-order valence-electron chi connectivity index (χ1n) is 5.92. The highest BCUT2D eigenvalue weighted by molar-refractivity contribution is 5.62. The first-order valence-corrected chi connectivity index (χ1v) is 5.92. The number of nitro groups is 1. The third kappa shape index (κ3) is 3.18.